The van der Waals surface area contributed by atoms with E-state index in [2.05, 4.69) is 6.07 Å². The Morgan fingerprint density at radius 3 is 2.27 bits per heavy atom. The molecule has 2 amide bonds. The number of allylic oxidation sites excluding steroid dienone is 2. The average Bonchev–Trinajstić information content (AvgIpc) is 3.24. The topological polar surface area (TPSA) is 151 Å². The number of piperazine rings is 1. The van der Waals surface area contributed by atoms with Crippen molar-refractivity contribution in [2.75, 3.05) is 20.7 Å². The van der Waals surface area contributed by atoms with E-state index in [4.69, 9.17) is 4.74 Å². The van der Waals surface area contributed by atoms with Gasteiger partial charge in [0.05, 0.1) is 36.4 Å². The Hall–Kier alpha value is -4.79. The first-order valence-corrected chi connectivity index (χ1v) is 14.5. The largest absolute Gasteiger partial charge is 0.507 e. The molecule has 11 nitrogen and oxygen atoms in total. The molecule has 0 spiro atoms. The van der Waals surface area contributed by atoms with Crippen LogP contribution in [-0.4, -0.2) is 93.2 Å². The minimum atomic E-state index is -1.06. The molecule has 1 saturated heterocycles. The molecule has 4 aliphatic heterocycles. The number of nitriles is 1. The zero-order valence-electron chi connectivity index (χ0n) is 24.6. The summed E-state index contributed by atoms with van der Waals surface area (Å²) in [4.78, 5) is 58.7. The smallest absolute Gasteiger partial charge is 0.261 e. The summed E-state index contributed by atoms with van der Waals surface area (Å²) in [5.41, 5.74) is 2.89. The fourth-order valence-corrected chi connectivity index (χ4v) is 8.13. The number of benzene rings is 2. The van der Waals surface area contributed by atoms with Gasteiger partial charge in [-0.1, -0.05) is 18.2 Å². The first-order valence-electron chi connectivity index (χ1n) is 14.5. The van der Waals surface area contributed by atoms with E-state index < -0.39 is 47.5 Å². The molecule has 2 aromatic carbocycles. The molecule has 11 heteroatoms. The third-order valence-electron chi connectivity index (χ3n) is 10.1. The maximum atomic E-state index is 13.7. The number of fused-ring (bicyclic) bond motifs is 7. The number of likely N-dealkylation sites (N-methyl/N-ethyl adjacent to an activating group) is 1. The second-order valence-corrected chi connectivity index (χ2v) is 12.1. The minimum absolute atomic E-state index is 0.000264. The van der Waals surface area contributed by atoms with Gasteiger partial charge < -0.3 is 14.9 Å². The van der Waals surface area contributed by atoms with Crippen molar-refractivity contribution >= 4 is 23.4 Å². The van der Waals surface area contributed by atoms with E-state index in [1.165, 1.54) is 14.0 Å². The van der Waals surface area contributed by atoms with Crippen LogP contribution in [-0.2, 0) is 16.0 Å². The van der Waals surface area contributed by atoms with E-state index in [9.17, 15) is 34.7 Å². The molecule has 1 fully saturated rings. The molecule has 2 N–H and O–H groups in total. The summed E-state index contributed by atoms with van der Waals surface area (Å²) < 4.78 is 5.55. The number of Topliss-reactive ketones (excluding diaryl/α,β-unsaturated/α-hetero) is 2. The zero-order valence-corrected chi connectivity index (χ0v) is 24.6. The number of amides is 2. The molecule has 5 atom stereocenters. The van der Waals surface area contributed by atoms with Crippen molar-refractivity contribution in [2.45, 2.75) is 56.9 Å². The molecule has 224 valence electrons. The van der Waals surface area contributed by atoms with Gasteiger partial charge in [-0.2, -0.15) is 5.26 Å². The standard InChI is InChI=1S/C33H30N4O7/c1-14-9-16-10-20-22(12-34)37-21(26(35(20)3)24(16)30(41)31(14)44-4)11-19-25(29(40)28(39)15(2)27(19)38)23(37)13-36-32(42)17-7-5-6-8-18(17)33(36)43/h5-9,20-23,26,38,41H,10-11,13H2,1-4H3/t20-,21?,22?,23-,26-/m0/s1. The minimum Gasteiger partial charge on any atom is -0.507 e. The number of aryl methyl sites for hydroxylation is 1. The van der Waals surface area contributed by atoms with E-state index in [1.807, 2.05) is 29.8 Å². The number of carbonyl (C=O) groups excluding carboxylic acids is 4. The lowest BCUT2D eigenvalue weighted by atomic mass is 9.70. The molecule has 2 aromatic rings. The Bertz CT molecular complexity index is 1800. The molecule has 4 heterocycles. The SMILES string of the molecule is COc1c(C)cc2c(c1O)[C@@H]1C3CC4=C(C(=O)C(=O)C(C)=C4O)[C@H](CN4C(=O)c5ccccc5C4=O)N3C(C#N)[C@H](C2)N1C. The van der Waals surface area contributed by atoms with Gasteiger partial charge >= 0.3 is 0 Å². The second-order valence-electron chi connectivity index (χ2n) is 12.1. The molecule has 0 saturated carbocycles. The molecular formula is C33H30N4O7. The molecule has 2 unspecified atom stereocenters. The van der Waals surface area contributed by atoms with E-state index in [-0.39, 0.29) is 58.4 Å². The Kier molecular flexibility index (Phi) is 6.12. The van der Waals surface area contributed by atoms with Crippen LogP contribution in [0.5, 0.6) is 11.5 Å². The van der Waals surface area contributed by atoms with Gasteiger partial charge in [0.2, 0.25) is 11.6 Å². The van der Waals surface area contributed by atoms with Crippen molar-refractivity contribution in [3.63, 3.8) is 0 Å². The Balaban J connectivity index is 1.44. The van der Waals surface area contributed by atoms with Crippen LogP contribution >= 0.6 is 0 Å². The van der Waals surface area contributed by atoms with E-state index in [1.54, 1.807) is 24.3 Å². The predicted octanol–water partition coefficient (Wildman–Crippen LogP) is 2.53. The lowest BCUT2D eigenvalue weighted by molar-refractivity contribution is -0.134. The maximum Gasteiger partial charge on any atom is 0.261 e. The molecule has 1 aliphatic carbocycles. The Morgan fingerprint density at radius 1 is 1.00 bits per heavy atom. The summed E-state index contributed by atoms with van der Waals surface area (Å²) in [6.07, 6.45) is 0.496. The van der Waals surface area contributed by atoms with Crippen LogP contribution in [0.4, 0.5) is 0 Å². The molecule has 7 rings (SSSR count). The van der Waals surface area contributed by atoms with Gasteiger partial charge in [0.15, 0.2) is 11.5 Å². The molecule has 2 bridgehead atoms. The van der Waals surface area contributed by atoms with E-state index in [0.29, 0.717) is 17.7 Å². The van der Waals surface area contributed by atoms with Crippen molar-refractivity contribution in [2.24, 2.45) is 0 Å². The number of hydrogen-bond acceptors (Lipinski definition) is 10. The summed E-state index contributed by atoms with van der Waals surface area (Å²) in [5, 5.41) is 33.5. The third-order valence-corrected chi connectivity index (χ3v) is 10.1. The van der Waals surface area contributed by atoms with Gasteiger partial charge in [0.1, 0.15) is 11.8 Å². The maximum absolute atomic E-state index is 13.7. The highest BCUT2D eigenvalue weighted by Gasteiger charge is 2.58. The van der Waals surface area contributed by atoms with Crippen LogP contribution < -0.4 is 4.74 Å². The quantitative estimate of drug-likeness (QED) is 0.308. The Labute approximate surface area is 253 Å². The molecule has 5 aliphatic rings. The number of nitrogens with zero attached hydrogens (tertiary/aromatic N) is 4. The highest BCUT2D eigenvalue weighted by atomic mass is 16.5. The number of phenols is 1. The molecule has 0 aromatic heterocycles. The molecule has 44 heavy (non-hydrogen) atoms. The average molecular weight is 595 g/mol. The fraction of sp³-hybridized carbons (Fsp3) is 0.364. The van der Waals surface area contributed by atoms with Gasteiger partial charge in [0, 0.05) is 40.9 Å². The highest BCUT2D eigenvalue weighted by Crippen LogP contribution is 2.54. The number of aliphatic hydroxyl groups excluding tert-OH is 1. The number of methoxy groups -OCH3 is 1. The number of hydrogen-bond donors (Lipinski definition) is 2. The van der Waals surface area contributed by atoms with Crippen molar-refractivity contribution in [3.8, 4) is 17.6 Å². The van der Waals surface area contributed by atoms with E-state index >= 15 is 0 Å². The molecule has 0 radical (unpaired) electrons. The number of ketones is 2. The van der Waals surface area contributed by atoms with Crippen LogP contribution in [0.25, 0.3) is 0 Å². The summed E-state index contributed by atoms with van der Waals surface area (Å²) in [7, 11) is 3.36. The number of aliphatic hydroxyl groups is 1. The Morgan fingerprint density at radius 2 is 1.66 bits per heavy atom. The van der Waals surface area contributed by atoms with Gasteiger partial charge in [-0.15, -0.1) is 0 Å². The van der Waals surface area contributed by atoms with Gasteiger partial charge in [-0.25, -0.2) is 0 Å². The van der Waals surface area contributed by atoms with Gasteiger partial charge in [-0.05, 0) is 57.0 Å². The number of rotatable bonds is 3. The summed E-state index contributed by atoms with van der Waals surface area (Å²) >= 11 is 0. The van der Waals surface area contributed by atoms with Gasteiger partial charge in [0.25, 0.3) is 11.8 Å². The fourth-order valence-electron chi connectivity index (χ4n) is 8.13. The monoisotopic (exact) mass is 594 g/mol. The number of carbonyl (C=O) groups is 4. The zero-order chi connectivity index (χ0) is 31.4. The lowest BCUT2D eigenvalue weighted by Gasteiger charge is -2.60. The van der Waals surface area contributed by atoms with E-state index in [0.717, 1.165) is 16.0 Å². The second kappa shape index (κ2) is 9.61. The van der Waals surface area contributed by atoms with Crippen molar-refractivity contribution in [1.82, 2.24) is 14.7 Å². The van der Waals surface area contributed by atoms with Crippen LogP contribution in [0.1, 0.15) is 56.8 Å². The summed E-state index contributed by atoms with van der Waals surface area (Å²) in [6.45, 7) is 2.93. The predicted molar refractivity (Wildman–Crippen MR) is 155 cm³/mol. The summed E-state index contributed by atoms with van der Waals surface area (Å²) in [5.74, 6) is -2.75. The summed E-state index contributed by atoms with van der Waals surface area (Å²) in [6, 6.07) is 7.46. The van der Waals surface area contributed by atoms with Crippen LogP contribution in [0.2, 0.25) is 0 Å². The normalized spacial score (nSPS) is 28.1. The van der Waals surface area contributed by atoms with Gasteiger partial charge in [-0.3, -0.25) is 33.9 Å². The van der Waals surface area contributed by atoms with Crippen molar-refractivity contribution in [3.05, 3.63) is 80.6 Å². The highest BCUT2D eigenvalue weighted by molar-refractivity contribution is 6.50. The van der Waals surface area contributed by atoms with Crippen LogP contribution in [0, 0.1) is 18.3 Å². The first-order chi connectivity index (χ1) is 21.0. The van der Waals surface area contributed by atoms with Crippen LogP contribution in [0.15, 0.2) is 52.8 Å². The first kappa shape index (κ1) is 28.0. The van der Waals surface area contributed by atoms with Crippen LogP contribution in [0.3, 0.4) is 0 Å². The number of phenolic OH excluding ortho intramolecular Hbond substituents is 1. The third kappa shape index (κ3) is 3.49. The number of aromatic hydroxyl groups is 1. The number of imide groups is 1. The van der Waals surface area contributed by atoms with Crippen molar-refractivity contribution < 1.29 is 34.1 Å². The number of ether oxygens (including phenoxy) is 1. The van der Waals surface area contributed by atoms with Crippen molar-refractivity contribution in [1.29, 1.82) is 5.26 Å². The lowest BCUT2D eigenvalue weighted by Crippen LogP contribution is -2.71. The molecular weight excluding hydrogens is 564 g/mol.